The Morgan fingerprint density at radius 3 is 2.69 bits per heavy atom. The molecule has 6 rings (SSSR count). The molecule has 1 fully saturated rings. The number of pyridine rings is 1. The number of hydrogen-bond acceptors (Lipinski definition) is 11. The highest BCUT2D eigenvalue weighted by molar-refractivity contribution is 7.16. The highest BCUT2D eigenvalue weighted by atomic mass is 32.1. The highest BCUT2D eigenvalue weighted by Gasteiger charge is 2.18. The molecule has 5 heterocycles. The molecule has 0 unspecified atom stereocenters. The van der Waals surface area contributed by atoms with Crippen molar-refractivity contribution in [1.82, 2.24) is 39.3 Å². The van der Waals surface area contributed by atoms with Crippen molar-refractivity contribution in [2.45, 2.75) is 52.5 Å². The molecule has 0 bridgehead atoms. The summed E-state index contributed by atoms with van der Waals surface area (Å²) in [4.78, 5) is 26.3. The molecule has 5 aromatic rings. The van der Waals surface area contributed by atoms with E-state index in [2.05, 4.69) is 52.2 Å². The molecule has 0 aliphatic heterocycles. The number of rotatable bonds is 7. The summed E-state index contributed by atoms with van der Waals surface area (Å²) in [6.45, 7) is 5.78. The number of nitrogens with zero attached hydrogens (tertiary/aromatic N) is 7. The molecule has 3 N–H and O–H groups in total. The van der Waals surface area contributed by atoms with Crippen LogP contribution >= 0.6 is 22.9 Å². The van der Waals surface area contributed by atoms with E-state index in [9.17, 15) is 4.79 Å². The van der Waals surface area contributed by atoms with Gasteiger partial charge in [0.2, 0.25) is 11.0 Å². The number of thiazole rings is 1. The summed E-state index contributed by atoms with van der Waals surface area (Å²) in [6, 6.07) is 6.20. The van der Waals surface area contributed by atoms with Gasteiger partial charge in [-0.05, 0) is 31.9 Å². The van der Waals surface area contributed by atoms with Crippen LogP contribution in [0.1, 0.15) is 49.2 Å². The zero-order valence-electron chi connectivity index (χ0n) is 22.0. The van der Waals surface area contributed by atoms with Crippen molar-refractivity contribution in [2.24, 2.45) is 5.92 Å². The summed E-state index contributed by atoms with van der Waals surface area (Å²) in [5, 5.41) is 19.2. The molecule has 39 heavy (non-hydrogen) atoms. The summed E-state index contributed by atoms with van der Waals surface area (Å²) < 4.78 is 5.60. The minimum absolute atomic E-state index is 0.0617. The molecule has 202 valence electrons. The SMILES string of the molecule is CC(C)C(=O)n1cc(-c2nsc(Nc3ccccn3)n2)cn1.Cc1sc(NC2CCCC2)nc1-c1cn[nH]c1. The van der Waals surface area contributed by atoms with Crippen molar-refractivity contribution >= 4 is 44.9 Å². The van der Waals surface area contributed by atoms with Crippen LogP contribution in [0.15, 0.2) is 49.2 Å². The van der Waals surface area contributed by atoms with Crippen molar-refractivity contribution in [2.75, 3.05) is 10.6 Å². The molecule has 1 aliphatic carbocycles. The fraction of sp³-hybridized carbons (Fsp3) is 0.346. The normalized spacial score (nSPS) is 13.3. The van der Waals surface area contributed by atoms with E-state index in [1.165, 1.54) is 46.8 Å². The van der Waals surface area contributed by atoms with Gasteiger partial charge in [0, 0.05) is 52.5 Å². The Balaban J connectivity index is 0.000000163. The summed E-state index contributed by atoms with van der Waals surface area (Å²) in [7, 11) is 0. The third-order valence-electron chi connectivity index (χ3n) is 6.14. The molecule has 0 aromatic carbocycles. The molecule has 0 spiro atoms. The molecule has 13 heteroatoms. The van der Waals surface area contributed by atoms with Crippen LogP contribution in [0.2, 0.25) is 0 Å². The maximum Gasteiger partial charge on any atom is 0.249 e. The van der Waals surface area contributed by atoms with Crippen molar-refractivity contribution in [1.29, 1.82) is 0 Å². The van der Waals surface area contributed by atoms with Gasteiger partial charge >= 0.3 is 0 Å². The molecule has 5 aromatic heterocycles. The molecular weight excluding hydrogens is 532 g/mol. The van der Waals surface area contributed by atoms with Gasteiger partial charge in [0.15, 0.2) is 11.0 Å². The maximum atomic E-state index is 11.9. The Hall–Kier alpha value is -3.97. The van der Waals surface area contributed by atoms with E-state index in [-0.39, 0.29) is 11.8 Å². The van der Waals surface area contributed by atoms with Gasteiger partial charge in [-0.1, -0.05) is 32.8 Å². The molecule has 11 nitrogen and oxygen atoms in total. The predicted octanol–water partition coefficient (Wildman–Crippen LogP) is 6.03. The van der Waals surface area contributed by atoms with Gasteiger partial charge in [-0.25, -0.2) is 14.6 Å². The van der Waals surface area contributed by atoms with Gasteiger partial charge in [0.1, 0.15) is 5.82 Å². The largest absolute Gasteiger partial charge is 0.359 e. The smallest absolute Gasteiger partial charge is 0.249 e. The predicted molar refractivity (Wildman–Crippen MR) is 154 cm³/mol. The summed E-state index contributed by atoms with van der Waals surface area (Å²) >= 11 is 2.96. The minimum Gasteiger partial charge on any atom is -0.359 e. The first-order valence-corrected chi connectivity index (χ1v) is 14.4. The fourth-order valence-corrected chi connectivity index (χ4v) is 5.62. The molecule has 0 radical (unpaired) electrons. The van der Waals surface area contributed by atoms with Gasteiger partial charge < -0.3 is 10.6 Å². The van der Waals surface area contributed by atoms with Crippen LogP contribution in [0.4, 0.5) is 16.1 Å². The average molecular weight is 563 g/mol. The van der Waals surface area contributed by atoms with Crippen molar-refractivity contribution < 1.29 is 4.79 Å². The summed E-state index contributed by atoms with van der Waals surface area (Å²) in [6.07, 6.45) is 13.9. The molecule has 1 saturated carbocycles. The van der Waals surface area contributed by atoms with Crippen LogP contribution in [0.3, 0.4) is 0 Å². The number of hydrogen-bond donors (Lipinski definition) is 3. The molecule has 0 saturated heterocycles. The number of carbonyl (C=O) groups is 1. The number of aromatic nitrogens is 8. The molecule has 1 aliphatic rings. The summed E-state index contributed by atoms with van der Waals surface area (Å²) in [5.74, 6) is 1.06. The molecule has 0 atom stereocenters. The van der Waals surface area contributed by atoms with Crippen molar-refractivity contribution in [3.8, 4) is 22.6 Å². The second-order valence-electron chi connectivity index (χ2n) is 9.47. The maximum absolute atomic E-state index is 11.9. The third-order valence-corrected chi connectivity index (χ3v) is 7.67. The first-order valence-electron chi connectivity index (χ1n) is 12.8. The van der Waals surface area contributed by atoms with Gasteiger partial charge in [0.05, 0.1) is 23.7 Å². The number of H-pyrrole nitrogens is 1. The topological polar surface area (TPSA) is 139 Å². The standard InChI is InChI=1S/C14H14N6OS.C12H16N4S/c1-9(2)13(21)20-8-10(7-16-20)12-18-14(22-19-12)17-11-5-3-4-6-15-11;1-8-11(9-6-13-14-7-9)16-12(17-8)15-10-4-2-3-5-10/h3-9H,1-2H3,(H,15,17,18,19);6-7,10H,2-5H2,1H3,(H,13,14)(H,15,16). The number of aromatic amines is 1. The second kappa shape index (κ2) is 12.3. The first kappa shape index (κ1) is 26.6. The van der Waals surface area contributed by atoms with Crippen molar-refractivity contribution in [3.63, 3.8) is 0 Å². The minimum atomic E-state index is -0.113. The van der Waals surface area contributed by atoms with Crippen LogP contribution in [0.25, 0.3) is 22.6 Å². The van der Waals surface area contributed by atoms with Crippen molar-refractivity contribution in [3.05, 3.63) is 54.1 Å². The molecular formula is C26H30N10OS2. The number of aryl methyl sites for hydroxylation is 1. The third kappa shape index (κ3) is 6.73. The average Bonchev–Trinajstić information content (AvgIpc) is 3.76. The lowest BCUT2D eigenvalue weighted by Gasteiger charge is -2.09. The van der Waals surface area contributed by atoms with E-state index in [1.807, 2.05) is 44.4 Å². The lowest BCUT2D eigenvalue weighted by atomic mass is 10.2. The van der Waals surface area contributed by atoms with E-state index in [0.717, 1.165) is 16.4 Å². The van der Waals surface area contributed by atoms with Crippen LogP contribution in [-0.4, -0.2) is 51.3 Å². The first-order chi connectivity index (χ1) is 19.0. The van der Waals surface area contributed by atoms with E-state index >= 15 is 0 Å². The number of carbonyl (C=O) groups excluding carboxylic acids is 1. The summed E-state index contributed by atoms with van der Waals surface area (Å²) in [5.41, 5.74) is 2.82. The second-order valence-corrected chi connectivity index (χ2v) is 11.4. The van der Waals surface area contributed by atoms with Gasteiger partial charge in [-0.2, -0.15) is 19.6 Å². The fourth-order valence-electron chi connectivity index (χ4n) is 4.11. The Kier molecular flexibility index (Phi) is 8.37. The number of nitrogens with one attached hydrogen (secondary N) is 3. The van der Waals surface area contributed by atoms with Gasteiger partial charge in [-0.3, -0.25) is 9.89 Å². The van der Waals surface area contributed by atoms with Crippen LogP contribution < -0.4 is 10.6 Å². The highest BCUT2D eigenvalue weighted by Crippen LogP contribution is 2.32. The van der Waals surface area contributed by atoms with E-state index in [1.54, 1.807) is 29.9 Å². The van der Waals surface area contributed by atoms with E-state index in [4.69, 9.17) is 0 Å². The number of anilines is 3. The zero-order chi connectivity index (χ0) is 27.2. The monoisotopic (exact) mass is 562 g/mol. The van der Waals surface area contributed by atoms with E-state index < -0.39 is 0 Å². The van der Waals surface area contributed by atoms with Gasteiger partial charge in [-0.15, -0.1) is 11.3 Å². The Labute approximate surface area is 234 Å². The van der Waals surface area contributed by atoms with Gasteiger partial charge in [0.25, 0.3) is 0 Å². The zero-order valence-corrected chi connectivity index (χ0v) is 23.6. The van der Waals surface area contributed by atoms with Crippen LogP contribution in [0, 0.1) is 12.8 Å². The van der Waals surface area contributed by atoms with E-state index in [0.29, 0.717) is 28.4 Å². The Bertz CT molecular complexity index is 1480. The quantitative estimate of drug-likeness (QED) is 0.217. The Morgan fingerprint density at radius 1 is 1.13 bits per heavy atom. The lowest BCUT2D eigenvalue weighted by Crippen LogP contribution is -2.17. The van der Waals surface area contributed by atoms with Crippen LogP contribution in [-0.2, 0) is 0 Å². The molecule has 0 amide bonds. The lowest BCUT2D eigenvalue weighted by molar-refractivity contribution is 0.0838. The Morgan fingerprint density at radius 2 is 1.97 bits per heavy atom. The van der Waals surface area contributed by atoms with Crippen LogP contribution in [0.5, 0.6) is 0 Å².